The molecule has 1 heterocycles. The van der Waals surface area contributed by atoms with Gasteiger partial charge in [0.1, 0.15) is 0 Å². The van der Waals surface area contributed by atoms with Gasteiger partial charge in [0.25, 0.3) is 0 Å². The lowest BCUT2D eigenvalue weighted by molar-refractivity contribution is -0.154. The van der Waals surface area contributed by atoms with Crippen molar-refractivity contribution in [2.45, 2.75) is 58.5 Å². The van der Waals surface area contributed by atoms with Gasteiger partial charge in [-0.2, -0.15) is 0 Å². The van der Waals surface area contributed by atoms with Crippen molar-refractivity contribution in [1.82, 2.24) is 0 Å². The van der Waals surface area contributed by atoms with E-state index in [-0.39, 0.29) is 5.79 Å². The van der Waals surface area contributed by atoms with Gasteiger partial charge in [-0.3, -0.25) is 0 Å². The van der Waals surface area contributed by atoms with Crippen LogP contribution in [0.25, 0.3) is 0 Å². The maximum absolute atomic E-state index is 5.83. The van der Waals surface area contributed by atoms with Gasteiger partial charge in [0, 0.05) is 0 Å². The average molecular weight is 184 g/mol. The standard InChI is InChI=1S/C11H20O2/c1-7(2)8-5-9-10(6-8)13-11(3,4)12-9/h7-10H,5-6H2,1-4H3/t8?,9-,10+. The van der Waals surface area contributed by atoms with E-state index in [0.717, 1.165) is 11.8 Å². The summed E-state index contributed by atoms with van der Waals surface area (Å²) in [5.41, 5.74) is 0. The molecule has 0 spiro atoms. The predicted octanol–water partition coefficient (Wildman–Crippen LogP) is 2.57. The molecular formula is C11H20O2. The lowest BCUT2D eigenvalue weighted by Crippen LogP contribution is -2.23. The number of hydrogen-bond donors (Lipinski definition) is 0. The Bertz CT molecular complexity index is 182. The highest BCUT2D eigenvalue weighted by molar-refractivity contribution is 4.92. The van der Waals surface area contributed by atoms with Crippen molar-refractivity contribution >= 4 is 0 Å². The van der Waals surface area contributed by atoms with E-state index < -0.39 is 0 Å². The average Bonchev–Trinajstić information content (AvgIpc) is 2.39. The molecule has 0 aromatic rings. The van der Waals surface area contributed by atoms with Crippen molar-refractivity contribution in [3.05, 3.63) is 0 Å². The third-order valence-electron chi connectivity index (χ3n) is 3.30. The highest BCUT2D eigenvalue weighted by Crippen LogP contribution is 2.43. The Morgan fingerprint density at radius 3 is 1.92 bits per heavy atom. The van der Waals surface area contributed by atoms with E-state index in [4.69, 9.17) is 9.47 Å². The van der Waals surface area contributed by atoms with Crippen LogP contribution in [0.3, 0.4) is 0 Å². The van der Waals surface area contributed by atoms with Crippen LogP contribution in [-0.2, 0) is 9.47 Å². The van der Waals surface area contributed by atoms with Crippen LogP contribution < -0.4 is 0 Å². The predicted molar refractivity (Wildman–Crippen MR) is 51.4 cm³/mol. The first-order valence-electron chi connectivity index (χ1n) is 5.33. The maximum Gasteiger partial charge on any atom is 0.163 e. The highest BCUT2D eigenvalue weighted by Gasteiger charge is 2.47. The van der Waals surface area contributed by atoms with E-state index in [1.54, 1.807) is 0 Å². The monoisotopic (exact) mass is 184 g/mol. The molecule has 2 rings (SSSR count). The first kappa shape index (κ1) is 9.47. The van der Waals surface area contributed by atoms with Gasteiger partial charge in [-0.15, -0.1) is 0 Å². The summed E-state index contributed by atoms with van der Waals surface area (Å²) in [7, 11) is 0. The molecule has 3 atom stereocenters. The summed E-state index contributed by atoms with van der Waals surface area (Å²) in [5.74, 6) is 1.23. The molecule has 0 bridgehead atoms. The molecule has 2 nitrogen and oxygen atoms in total. The molecule has 76 valence electrons. The molecule has 1 aliphatic heterocycles. The second-order valence-corrected chi connectivity index (χ2v) is 5.19. The Hall–Kier alpha value is -0.0800. The summed E-state index contributed by atoms with van der Waals surface area (Å²) in [5, 5.41) is 0. The van der Waals surface area contributed by atoms with E-state index >= 15 is 0 Å². The lowest BCUT2D eigenvalue weighted by atomic mass is 9.94. The van der Waals surface area contributed by atoms with Crippen LogP contribution >= 0.6 is 0 Å². The molecule has 1 saturated heterocycles. The number of hydrogen-bond acceptors (Lipinski definition) is 2. The second kappa shape index (κ2) is 2.96. The normalized spacial score (nSPS) is 42.7. The Morgan fingerprint density at radius 1 is 1.08 bits per heavy atom. The molecule has 1 aliphatic carbocycles. The first-order valence-corrected chi connectivity index (χ1v) is 5.33. The molecule has 0 aromatic heterocycles. The molecule has 2 aliphatic rings. The van der Waals surface area contributed by atoms with Crippen LogP contribution in [0.1, 0.15) is 40.5 Å². The van der Waals surface area contributed by atoms with Gasteiger partial charge in [0.2, 0.25) is 0 Å². The van der Waals surface area contributed by atoms with Crippen LogP contribution in [-0.4, -0.2) is 18.0 Å². The highest BCUT2D eigenvalue weighted by atomic mass is 16.8. The fourth-order valence-electron chi connectivity index (χ4n) is 2.55. The summed E-state index contributed by atoms with van der Waals surface area (Å²) in [4.78, 5) is 0. The summed E-state index contributed by atoms with van der Waals surface area (Å²) in [6.07, 6.45) is 3.10. The van der Waals surface area contributed by atoms with Gasteiger partial charge in [-0.05, 0) is 38.5 Å². The molecule has 1 saturated carbocycles. The van der Waals surface area contributed by atoms with Gasteiger partial charge < -0.3 is 9.47 Å². The van der Waals surface area contributed by atoms with Crippen molar-refractivity contribution in [2.75, 3.05) is 0 Å². The molecule has 1 unspecified atom stereocenters. The molecule has 0 aromatic carbocycles. The van der Waals surface area contributed by atoms with E-state index in [1.165, 1.54) is 12.8 Å². The molecule has 0 N–H and O–H groups in total. The smallest absolute Gasteiger partial charge is 0.163 e. The molecular weight excluding hydrogens is 164 g/mol. The third-order valence-corrected chi connectivity index (χ3v) is 3.30. The van der Waals surface area contributed by atoms with Crippen molar-refractivity contribution in [1.29, 1.82) is 0 Å². The first-order chi connectivity index (χ1) is 5.98. The van der Waals surface area contributed by atoms with E-state index in [0.29, 0.717) is 12.2 Å². The Morgan fingerprint density at radius 2 is 1.54 bits per heavy atom. The Labute approximate surface area is 80.6 Å². The van der Waals surface area contributed by atoms with Gasteiger partial charge in [0.05, 0.1) is 12.2 Å². The topological polar surface area (TPSA) is 18.5 Å². The number of rotatable bonds is 1. The van der Waals surface area contributed by atoms with Crippen molar-refractivity contribution in [3.63, 3.8) is 0 Å². The summed E-state index contributed by atoms with van der Waals surface area (Å²) >= 11 is 0. The van der Waals surface area contributed by atoms with E-state index in [9.17, 15) is 0 Å². The zero-order chi connectivity index (χ0) is 9.64. The molecule has 2 fully saturated rings. The van der Waals surface area contributed by atoms with Gasteiger partial charge in [-0.25, -0.2) is 0 Å². The van der Waals surface area contributed by atoms with Crippen LogP contribution in [0.5, 0.6) is 0 Å². The fraction of sp³-hybridized carbons (Fsp3) is 1.00. The molecule has 0 radical (unpaired) electrons. The SMILES string of the molecule is CC(C)C1C[C@@H]2OC(C)(C)O[C@@H]2C1. The Kier molecular flexibility index (Phi) is 2.16. The fourth-order valence-corrected chi connectivity index (χ4v) is 2.55. The third kappa shape index (κ3) is 1.75. The maximum atomic E-state index is 5.83. The van der Waals surface area contributed by atoms with Crippen LogP contribution in [0.2, 0.25) is 0 Å². The second-order valence-electron chi connectivity index (χ2n) is 5.19. The van der Waals surface area contributed by atoms with Crippen LogP contribution in [0.15, 0.2) is 0 Å². The minimum Gasteiger partial charge on any atom is -0.345 e. The number of fused-ring (bicyclic) bond motifs is 1. The summed E-state index contributed by atoms with van der Waals surface area (Å²) < 4.78 is 11.7. The molecule has 2 heteroatoms. The summed E-state index contributed by atoms with van der Waals surface area (Å²) in [6.45, 7) is 8.60. The van der Waals surface area contributed by atoms with Crippen LogP contribution in [0, 0.1) is 11.8 Å². The zero-order valence-corrected chi connectivity index (χ0v) is 9.04. The number of ether oxygens (including phenoxy) is 2. The quantitative estimate of drug-likeness (QED) is 0.623. The van der Waals surface area contributed by atoms with Crippen molar-refractivity contribution in [3.8, 4) is 0 Å². The van der Waals surface area contributed by atoms with Gasteiger partial charge in [-0.1, -0.05) is 13.8 Å². The molecule has 0 amide bonds. The van der Waals surface area contributed by atoms with Crippen LogP contribution in [0.4, 0.5) is 0 Å². The van der Waals surface area contributed by atoms with Crippen molar-refractivity contribution in [2.24, 2.45) is 11.8 Å². The molecule has 13 heavy (non-hydrogen) atoms. The van der Waals surface area contributed by atoms with E-state index in [2.05, 4.69) is 13.8 Å². The minimum atomic E-state index is -0.336. The lowest BCUT2D eigenvalue weighted by Gasteiger charge is -2.21. The van der Waals surface area contributed by atoms with Gasteiger partial charge in [0.15, 0.2) is 5.79 Å². The van der Waals surface area contributed by atoms with Gasteiger partial charge >= 0.3 is 0 Å². The zero-order valence-electron chi connectivity index (χ0n) is 9.04. The largest absolute Gasteiger partial charge is 0.345 e. The Balaban J connectivity index is 1.97. The summed E-state index contributed by atoms with van der Waals surface area (Å²) in [6, 6.07) is 0. The minimum absolute atomic E-state index is 0.336. The van der Waals surface area contributed by atoms with E-state index in [1.807, 2.05) is 13.8 Å². The van der Waals surface area contributed by atoms with Crippen molar-refractivity contribution < 1.29 is 9.47 Å².